The fraction of sp³-hybridized carbons (Fsp3) is 0.125. The lowest BCUT2D eigenvalue weighted by Crippen LogP contribution is -2.26. The van der Waals surface area contributed by atoms with Gasteiger partial charge in [0.15, 0.2) is 0 Å². The monoisotopic (exact) mass is 400 g/mol. The number of rotatable bonds is 5. The van der Waals surface area contributed by atoms with E-state index in [-0.39, 0.29) is 17.8 Å². The van der Waals surface area contributed by atoms with Crippen molar-refractivity contribution in [2.45, 2.75) is 19.9 Å². The first kappa shape index (κ1) is 19.5. The summed E-state index contributed by atoms with van der Waals surface area (Å²) >= 11 is 0. The minimum atomic E-state index is -0.325. The normalized spacial score (nSPS) is 11.8. The standard InChI is InChI=1S/C24H21FN4O/c1-16-4-3-5-19(14-16)23-22(15-29(28-23)21-8-6-20(25)7-9-21)24(30)27-17(2)18-10-12-26-13-11-18/h3-15,17H,1-2H3,(H,27,30). The quantitative estimate of drug-likeness (QED) is 0.520. The first-order valence-corrected chi connectivity index (χ1v) is 9.65. The second kappa shape index (κ2) is 8.29. The van der Waals surface area contributed by atoms with E-state index in [9.17, 15) is 9.18 Å². The number of pyridine rings is 1. The Labute approximate surface area is 174 Å². The van der Waals surface area contributed by atoms with Crippen LogP contribution < -0.4 is 5.32 Å². The highest BCUT2D eigenvalue weighted by Gasteiger charge is 2.20. The van der Waals surface area contributed by atoms with Crippen LogP contribution in [0.15, 0.2) is 79.3 Å². The van der Waals surface area contributed by atoms with E-state index in [0.717, 1.165) is 16.7 Å². The number of hydrogen-bond donors (Lipinski definition) is 1. The molecular weight excluding hydrogens is 379 g/mol. The summed E-state index contributed by atoms with van der Waals surface area (Å²) in [7, 11) is 0. The number of aromatic nitrogens is 3. The highest BCUT2D eigenvalue weighted by atomic mass is 19.1. The molecule has 5 nitrogen and oxygen atoms in total. The summed E-state index contributed by atoms with van der Waals surface area (Å²) in [5.74, 6) is -0.557. The van der Waals surface area contributed by atoms with Crippen molar-refractivity contribution in [3.8, 4) is 16.9 Å². The molecule has 0 saturated heterocycles. The molecule has 0 bridgehead atoms. The van der Waals surface area contributed by atoms with Gasteiger partial charge in [0.05, 0.1) is 17.3 Å². The van der Waals surface area contributed by atoms with Gasteiger partial charge in [-0.2, -0.15) is 5.10 Å². The van der Waals surface area contributed by atoms with E-state index in [0.29, 0.717) is 16.9 Å². The lowest BCUT2D eigenvalue weighted by molar-refractivity contribution is 0.0940. The predicted octanol–water partition coefficient (Wildman–Crippen LogP) is 4.87. The second-order valence-electron chi connectivity index (χ2n) is 7.16. The van der Waals surface area contributed by atoms with Crippen molar-refractivity contribution < 1.29 is 9.18 Å². The molecule has 0 aliphatic rings. The first-order valence-electron chi connectivity index (χ1n) is 9.65. The largest absolute Gasteiger partial charge is 0.345 e. The molecule has 150 valence electrons. The van der Waals surface area contributed by atoms with Crippen LogP contribution in [0.2, 0.25) is 0 Å². The Morgan fingerprint density at radius 2 is 1.80 bits per heavy atom. The Morgan fingerprint density at radius 3 is 2.50 bits per heavy atom. The molecule has 4 rings (SSSR count). The van der Waals surface area contributed by atoms with Gasteiger partial charge in [0.2, 0.25) is 0 Å². The van der Waals surface area contributed by atoms with Gasteiger partial charge in [-0.05, 0) is 61.9 Å². The highest BCUT2D eigenvalue weighted by molar-refractivity contribution is 6.00. The summed E-state index contributed by atoms with van der Waals surface area (Å²) in [6.07, 6.45) is 5.07. The van der Waals surface area contributed by atoms with Crippen LogP contribution in [0.4, 0.5) is 4.39 Å². The average molecular weight is 400 g/mol. The van der Waals surface area contributed by atoms with Crippen LogP contribution >= 0.6 is 0 Å². The Kier molecular flexibility index (Phi) is 5.39. The minimum absolute atomic E-state index is 0.194. The van der Waals surface area contributed by atoms with E-state index in [1.165, 1.54) is 12.1 Å². The van der Waals surface area contributed by atoms with E-state index < -0.39 is 0 Å². The SMILES string of the molecule is Cc1cccc(-c2nn(-c3ccc(F)cc3)cc2C(=O)NC(C)c2ccncc2)c1. The van der Waals surface area contributed by atoms with Crippen LogP contribution in [0.25, 0.3) is 16.9 Å². The van der Waals surface area contributed by atoms with Crippen molar-refractivity contribution in [2.75, 3.05) is 0 Å². The number of hydrogen-bond acceptors (Lipinski definition) is 3. The molecule has 1 N–H and O–H groups in total. The molecule has 0 spiro atoms. The maximum atomic E-state index is 13.3. The Morgan fingerprint density at radius 1 is 1.07 bits per heavy atom. The van der Waals surface area contributed by atoms with Gasteiger partial charge in [0, 0.05) is 24.2 Å². The smallest absolute Gasteiger partial charge is 0.255 e. The number of carbonyl (C=O) groups excluding carboxylic acids is 1. The Hall–Kier alpha value is -3.80. The first-order chi connectivity index (χ1) is 14.5. The number of aryl methyl sites for hydroxylation is 1. The minimum Gasteiger partial charge on any atom is -0.345 e. The van der Waals surface area contributed by atoms with Crippen molar-refractivity contribution >= 4 is 5.91 Å². The van der Waals surface area contributed by atoms with E-state index in [1.807, 2.05) is 50.2 Å². The molecule has 2 heterocycles. The zero-order chi connectivity index (χ0) is 21.1. The summed E-state index contributed by atoms with van der Waals surface area (Å²) in [4.78, 5) is 17.2. The molecule has 0 fully saturated rings. The van der Waals surface area contributed by atoms with Crippen molar-refractivity contribution in [3.05, 3.63) is 102 Å². The van der Waals surface area contributed by atoms with Gasteiger partial charge in [-0.15, -0.1) is 0 Å². The lowest BCUT2D eigenvalue weighted by atomic mass is 10.0. The van der Waals surface area contributed by atoms with Gasteiger partial charge < -0.3 is 5.32 Å². The highest BCUT2D eigenvalue weighted by Crippen LogP contribution is 2.25. The van der Waals surface area contributed by atoms with E-state index in [4.69, 9.17) is 0 Å². The molecule has 2 aromatic heterocycles. The molecule has 0 saturated carbocycles. The average Bonchev–Trinajstić information content (AvgIpc) is 3.20. The van der Waals surface area contributed by atoms with Crippen molar-refractivity contribution in [1.82, 2.24) is 20.1 Å². The summed E-state index contributed by atoms with van der Waals surface area (Å²) in [6.45, 7) is 3.91. The van der Waals surface area contributed by atoms with E-state index in [2.05, 4.69) is 15.4 Å². The Balaban J connectivity index is 1.73. The van der Waals surface area contributed by atoms with Crippen LogP contribution in [0.5, 0.6) is 0 Å². The second-order valence-corrected chi connectivity index (χ2v) is 7.16. The van der Waals surface area contributed by atoms with Gasteiger partial charge in [0.1, 0.15) is 11.5 Å². The molecule has 1 atom stereocenters. The summed E-state index contributed by atoms with van der Waals surface area (Å²) < 4.78 is 14.9. The van der Waals surface area contributed by atoms with Gasteiger partial charge in [-0.3, -0.25) is 9.78 Å². The number of halogens is 1. The molecule has 0 aliphatic carbocycles. The number of nitrogens with one attached hydrogen (secondary N) is 1. The molecule has 6 heteroatoms. The fourth-order valence-corrected chi connectivity index (χ4v) is 3.28. The number of carbonyl (C=O) groups is 1. The van der Waals surface area contributed by atoms with Crippen LogP contribution in [0.3, 0.4) is 0 Å². The van der Waals surface area contributed by atoms with E-state index >= 15 is 0 Å². The summed E-state index contributed by atoms with van der Waals surface area (Å²) in [5.41, 5.74) is 4.57. The van der Waals surface area contributed by atoms with Crippen LogP contribution in [0, 0.1) is 12.7 Å². The zero-order valence-corrected chi connectivity index (χ0v) is 16.7. The fourth-order valence-electron chi connectivity index (χ4n) is 3.28. The lowest BCUT2D eigenvalue weighted by Gasteiger charge is -2.14. The molecule has 0 aliphatic heterocycles. The Bertz CT molecular complexity index is 1170. The van der Waals surface area contributed by atoms with Gasteiger partial charge in [-0.1, -0.05) is 23.8 Å². The van der Waals surface area contributed by atoms with Crippen molar-refractivity contribution in [1.29, 1.82) is 0 Å². The van der Waals surface area contributed by atoms with Gasteiger partial charge in [-0.25, -0.2) is 9.07 Å². The third-order valence-electron chi connectivity index (χ3n) is 4.90. The molecule has 4 aromatic rings. The summed E-state index contributed by atoms with van der Waals surface area (Å²) in [6, 6.07) is 17.4. The van der Waals surface area contributed by atoms with Crippen LogP contribution in [-0.2, 0) is 0 Å². The number of benzene rings is 2. The molecule has 2 aromatic carbocycles. The number of nitrogens with zero attached hydrogens (tertiary/aromatic N) is 3. The maximum absolute atomic E-state index is 13.3. The topological polar surface area (TPSA) is 59.8 Å². The molecule has 30 heavy (non-hydrogen) atoms. The van der Waals surface area contributed by atoms with E-state index in [1.54, 1.807) is 35.4 Å². The maximum Gasteiger partial charge on any atom is 0.255 e. The third-order valence-corrected chi connectivity index (χ3v) is 4.90. The summed E-state index contributed by atoms with van der Waals surface area (Å²) in [5, 5.41) is 7.68. The molecule has 1 unspecified atom stereocenters. The number of amides is 1. The molecular formula is C24H21FN4O. The van der Waals surface area contributed by atoms with Crippen molar-refractivity contribution in [2.24, 2.45) is 0 Å². The third kappa shape index (κ3) is 4.12. The zero-order valence-electron chi connectivity index (χ0n) is 16.7. The van der Waals surface area contributed by atoms with Crippen LogP contribution in [-0.4, -0.2) is 20.7 Å². The van der Waals surface area contributed by atoms with Gasteiger partial charge >= 0.3 is 0 Å². The predicted molar refractivity (Wildman–Crippen MR) is 114 cm³/mol. The molecule has 0 radical (unpaired) electrons. The van der Waals surface area contributed by atoms with Crippen LogP contribution in [0.1, 0.15) is 34.5 Å². The van der Waals surface area contributed by atoms with Crippen molar-refractivity contribution in [3.63, 3.8) is 0 Å². The van der Waals surface area contributed by atoms with Gasteiger partial charge in [0.25, 0.3) is 5.91 Å². The molecule has 1 amide bonds.